The Labute approximate surface area is 116 Å². The number of hydrogen-bond acceptors (Lipinski definition) is 5. The van der Waals surface area contributed by atoms with Gasteiger partial charge in [-0.1, -0.05) is 26.7 Å². The van der Waals surface area contributed by atoms with E-state index in [1.54, 1.807) is 6.33 Å². The maximum absolute atomic E-state index is 9.24. The summed E-state index contributed by atoms with van der Waals surface area (Å²) in [6.07, 6.45) is 5.83. The molecule has 0 radical (unpaired) electrons. The Bertz CT molecular complexity index is 370. The third-order valence-electron chi connectivity index (χ3n) is 3.11. The molecule has 0 saturated heterocycles. The molecule has 108 valence electrons. The maximum Gasteiger partial charge on any atom is 0.137 e. The molecule has 0 bridgehead atoms. The van der Waals surface area contributed by atoms with Gasteiger partial charge in [-0.15, -0.1) is 0 Å². The van der Waals surface area contributed by atoms with E-state index >= 15 is 0 Å². The Morgan fingerprint density at radius 2 is 2.00 bits per heavy atom. The van der Waals surface area contributed by atoms with Crippen LogP contribution in [0.1, 0.15) is 38.7 Å². The van der Waals surface area contributed by atoms with Gasteiger partial charge >= 0.3 is 0 Å². The monoisotopic (exact) mass is 266 g/mol. The van der Waals surface area contributed by atoms with Crippen molar-refractivity contribution in [3.63, 3.8) is 0 Å². The van der Waals surface area contributed by atoms with Crippen molar-refractivity contribution in [2.75, 3.05) is 37.0 Å². The van der Waals surface area contributed by atoms with Crippen molar-refractivity contribution in [1.82, 2.24) is 9.97 Å². The summed E-state index contributed by atoms with van der Waals surface area (Å²) < 4.78 is 0. The molecule has 0 aromatic carbocycles. The first-order valence-electron chi connectivity index (χ1n) is 7.15. The van der Waals surface area contributed by atoms with Gasteiger partial charge in [0.25, 0.3) is 0 Å². The number of aliphatic hydroxyl groups excluding tert-OH is 1. The van der Waals surface area contributed by atoms with Crippen LogP contribution in [0.4, 0.5) is 11.6 Å². The van der Waals surface area contributed by atoms with E-state index in [0.717, 1.165) is 49.4 Å². The van der Waals surface area contributed by atoms with Crippen molar-refractivity contribution in [2.45, 2.75) is 39.5 Å². The van der Waals surface area contributed by atoms with Gasteiger partial charge in [-0.2, -0.15) is 0 Å². The lowest BCUT2D eigenvalue weighted by molar-refractivity contribution is 0.301. The highest BCUT2D eigenvalue weighted by atomic mass is 16.3. The molecule has 0 amide bonds. The molecule has 0 atom stereocenters. The SMILES string of the molecule is CCCCN(CCO)c1ncnc(NC)c1CCC. The summed E-state index contributed by atoms with van der Waals surface area (Å²) in [6.45, 7) is 6.01. The Balaban J connectivity index is 3.05. The lowest BCUT2D eigenvalue weighted by atomic mass is 10.1. The van der Waals surface area contributed by atoms with Crippen LogP contribution in [0.3, 0.4) is 0 Å². The molecule has 1 aromatic rings. The number of nitrogens with zero attached hydrogens (tertiary/aromatic N) is 3. The minimum absolute atomic E-state index is 0.147. The number of aliphatic hydroxyl groups is 1. The van der Waals surface area contributed by atoms with E-state index in [0.29, 0.717) is 6.54 Å². The van der Waals surface area contributed by atoms with Crippen LogP contribution in [0.2, 0.25) is 0 Å². The smallest absolute Gasteiger partial charge is 0.137 e. The Hall–Kier alpha value is -1.36. The summed E-state index contributed by atoms with van der Waals surface area (Å²) in [6, 6.07) is 0. The number of anilines is 2. The molecule has 5 nitrogen and oxygen atoms in total. The summed E-state index contributed by atoms with van der Waals surface area (Å²) in [5.41, 5.74) is 1.15. The Kier molecular flexibility index (Phi) is 7.18. The quantitative estimate of drug-likeness (QED) is 0.716. The normalized spacial score (nSPS) is 10.5. The molecular weight excluding hydrogens is 240 g/mol. The molecule has 1 heterocycles. The van der Waals surface area contributed by atoms with Gasteiger partial charge < -0.3 is 15.3 Å². The van der Waals surface area contributed by atoms with E-state index < -0.39 is 0 Å². The molecule has 1 rings (SSSR count). The molecule has 0 unspecified atom stereocenters. The van der Waals surface area contributed by atoms with Crippen LogP contribution < -0.4 is 10.2 Å². The summed E-state index contributed by atoms with van der Waals surface area (Å²) in [5, 5.41) is 12.4. The molecule has 2 N–H and O–H groups in total. The fourth-order valence-electron chi connectivity index (χ4n) is 2.16. The number of aromatic nitrogens is 2. The van der Waals surface area contributed by atoms with Gasteiger partial charge in [0, 0.05) is 25.7 Å². The lowest BCUT2D eigenvalue weighted by Gasteiger charge is -2.25. The number of rotatable bonds is 9. The number of unbranched alkanes of at least 4 members (excludes halogenated alkanes) is 1. The fourth-order valence-corrected chi connectivity index (χ4v) is 2.16. The second kappa shape index (κ2) is 8.69. The first kappa shape index (κ1) is 15.7. The van der Waals surface area contributed by atoms with Crippen molar-refractivity contribution in [3.05, 3.63) is 11.9 Å². The summed E-state index contributed by atoms with van der Waals surface area (Å²) in [5.74, 6) is 1.86. The van der Waals surface area contributed by atoms with E-state index in [9.17, 15) is 5.11 Å². The molecule has 5 heteroatoms. The van der Waals surface area contributed by atoms with Gasteiger partial charge in [-0.25, -0.2) is 9.97 Å². The molecule has 0 aliphatic heterocycles. The lowest BCUT2D eigenvalue weighted by Crippen LogP contribution is -2.30. The third-order valence-corrected chi connectivity index (χ3v) is 3.11. The summed E-state index contributed by atoms with van der Waals surface area (Å²) in [4.78, 5) is 10.9. The highest BCUT2D eigenvalue weighted by Crippen LogP contribution is 2.24. The fraction of sp³-hybridized carbons (Fsp3) is 0.714. The van der Waals surface area contributed by atoms with Crippen LogP contribution in [-0.2, 0) is 6.42 Å². The summed E-state index contributed by atoms with van der Waals surface area (Å²) in [7, 11) is 1.88. The van der Waals surface area contributed by atoms with Crippen LogP contribution in [0.25, 0.3) is 0 Å². The standard InChI is InChI=1S/C14H26N4O/c1-4-6-8-18(9-10-19)14-12(7-5-2)13(15-3)16-11-17-14/h11,19H,4-10H2,1-3H3,(H,15,16,17). The van der Waals surface area contributed by atoms with Crippen molar-refractivity contribution in [3.8, 4) is 0 Å². The largest absolute Gasteiger partial charge is 0.395 e. The highest BCUT2D eigenvalue weighted by Gasteiger charge is 2.15. The predicted molar refractivity (Wildman–Crippen MR) is 79.8 cm³/mol. The second-order valence-electron chi connectivity index (χ2n) is 4.59. The Morgan fingerprint density at radius 3 is 2.58 bits per heavy atom. The van der Waals surface area contributed by atoms with Crippen molar-refractivity contribution < 1.29 is 5.11 Å². The van der Waals surface area contributed by atoms with Crippen LogP contribution in [0, 0.1) is 0 Å². The van der Waals surface area contributed by atoms with Gasteiger partial charge in [-0.3, -0.25) is 0 Å². The van der Waals surface area contributed by atoms with Crippen LogP contribution in [0.15, 0.2) is 6.33 Å². The van der Waals surface area contributed by atoms with E-state index in [1.807, 2.05) is 7.05 Å². The molecule has 19 heavy (non-hydrogen) atoms. The predicted octanol–water partition coefficient (Wildman–Crippen LogP) is 2.07. The molecular formula is C14H26N4O. The first-order valence-corrected chi connectivity index (χ1v) is 7.15. The van der Waals surface area contributed by atoms with Crippen molar-refractivity contribution in [1.29, 1.82) is 0 Å². The molecule has 0 saturated carbocycles. The molecule has 0 spiro atoms. The van der Waals surface area contributed by atoms with Crippen molar-refractivity contribution in [2.24, 2.45) is 0 Å². The minimum atomic E-state index is 0.147. The number of nitrogens with one attached hydrogen (secondary N) is 1. The average Bonchev–Trinajstić information content (AvgIpc) is 2.44. The van der Waals surface area contributed by atoms with Crippen LogP contribution in [-0.4, -0.2) is 41.8 Å². The first-order chi connectivity index (χ1) is 9.28. The van der Waals surface area contributed by atoms with Gasteiger partial charge in [-0.05, 0) is 12.8 Å². The zero-order valence-electron chi connectivity index (χ0n) is 12.3. The van der Waals surface area contributed by atoms with Crippen molar-refractivity contribution >= 4 is 11.6 Å². The molecule has 1 aromatic heterocycles. The van der Waals surface area contributed by atoms with E-state index in [4.69, 9.17) is 0 Å². The van der Waals surface area contributed by atoms with E-state index in [-0.39, 0.29) is 6.61 Å². The highest BCUT2D eigenvalue weighted by molar-refractivity contribution is 5.58. The zero-order valence-corrected chi connectivity index (χ0v) is 12.3. The van der Waals surface area contributed by atoms with Gasteiger partial charge in [0.15, 0.2) is 0 Å². The molecule has 0 aliphatic rings. The molecule has 0 aliphatic carbocycles. The minimum Gasteiger partial charge on any atom is -0.395 e. The molecule has 0 fully saturated rings. The van der Waals surface area contributed by atoms with E-state index in [1.165, 1.54) is 0 Å². The van der Waals surface area contributed by atoms with Gasteiger partial charge in [0.05, 0.1) is 6.61 Å². The third kappa shape index (κ3) is 4.35. The Morgan fingerprint density at radius 1 is 1.21 bits per heavy atom. The maximum atomic E-state index is 9.24. The van der Waals surface area contributed by atoms with Gasteiger partial charge in [0.2, 0.25) is 0 Å². The average molecular weight is 266 g/mol. The summed E-state index contributed by atoms with van der Waals surface area (Å²) >= 11 is 0. The van der Waals surface area contributed by atoms with Crippen LogP contribution >= 0.6 is 0 Å². The zero-order chi connectivity index (χ0) is 14.1. The van der Waals surface area contributed by atoms with E-state index in [2.05, 4.69) is 34.0 Å². The van der Waals surface area contributed by atoms with Gasteiger partial charge in [0.1, 0.15) is 18.0 Å². The van der Waals surface area contributed by atoms with Crippen LogP contribution in [0.5, 0.6) is 0 Å². The topological polar surface area (TPSA) is 61.3 Å². The number of hydrogen-bond donors (Lipinski definition) is 2. The second-order valence-corrected chi connectivity index (χ2v) is 4.59.